The normalized spacial score (nSPS) is 28.6. The molecule has 144 valence electrons. The van der Waals surface area contributed by atoms with Gasteiger partial charge in [-0.25, -0.2) is 9.82 Å². The highest BCUT2D eigenvalue weighted by atomic mass is 19.1. The number of amides is 1. The third-order valence-electron chi connectivity index (χ3n) is 5.53. The van der Waals surface area contributed by atoms with Gasteiger partial charge in [-0.05, 0) is 36.5 Å². The van der Waals surface area contributed by atoms with Crippen molar-refractivity contribution in [3.05, 3.63) is 53.6 Å². The first-order chi connectivity index (χ1) is 13.0. The molecular formula is C19H24FN5O2. The van der Waals surface area contributed by atoms with E-state index < -0.39 is 0 Å². The first-order valence-corrected chi connectivity index (χ1v) is 9.22. The van der Waals surface area contributed by atoms with Gasteiger partial charge in [0.15, 0.2) is 0 Å². The molecule has 4 rings (SSSR count). The van der Waals surface area contributed by atoms with Gasteiger partial charge in [0.05, 0.1) is 30.3 Å². The molecule has 1 aliphatic heterocycles. The summed E-state index contributed by atoms with van der Waals surface area (Å²) in [5.74, 6) is -0.604. The second-order valence-corrected chi connectivity index (χ2v) is 7.48. The molecule has 4 N–H and O–H groups in total. The maximum atomic E-state index is 13.6. The zero-order valence-electron chi connectivity index (χ0n) is 15.1. The Bertz CT molecular complexity index is 820. The zero-order valence-corrected chi connectivity index (χ0v) is 15.1. The molecule has 3 unspecified atom stereocenters. The average Bonchev–Trinajstić information content (AvgIpc) is 3.26. The molecule has 1 amide bonds. The van der Waals surface area contributed by atoms with Gasteiger partial charge < -0.3 is 10.4 Å². The minimum Gasteiger partial charge on any atom is -0.393 e. The van der Waals surface area contributed by atoms with Crippen LogP contribution in [-0.2, 0) is 11.8 Å². The molecule has 1 saturated carbocycles. The third-order valence-corrected chi connectivity index (χ3v) is 5.53. The topological polar surface area (TPSA) is 91.2 Å². The molecule has 7 nitrogen and oxygen atoms in total. The SMILES string of the molecule is Cn1cc(C(NC(=O)C2CNNC2c2cccc(F)c2)C2CC(O)C2)cn1. The number of carbonyl (C=O) groups excluding carboxylic acids is 1. The monoisotopic (exact) mass is 373 g/mol. The lowest BCUT2D eigenvalue weighted by atomic mass is 9.75. The number of benzene rings is 1. The number of aliphatic hydroxyl groups is 1. The fraction of sp³-hybridized carbons (Fsp3) is 0.474. The number of nitrogens with one attached hydrogen (secondary N) is 3. The predicted molar refractivity (Wildman–Crippen MR) is 96.6 cm³/mol. The van der Waals surface area contributed by atoms with Gasteiger partial charge in [-0.15, -0.1) is 0 Å². The van der Waals surface area contributed by atoms with Crippen LogP contribution in [0.3, 0.4) is 0 Å². The maximum absolute atomic E-state index is 13.6. The van der Waals surface area contributed by atoms with Crippen LogP contribution in [0.2, 0.25) is 0 Å². The highest BCUT2D eigenvalue weighted by Gasteiger charge is 2.40. The van der Waals surface area contributed by atoms with Crippen molar-refractivity contribution in [1.82, 2.24) is 25.9 Å². The van der Waals surface area contributed by atoms with Gasteiger partial charge in [0.25, 0.3) is 0 Å². The van der Waals surface area contributed by atoms with E-state index in [1.54, 1.807) is 16.9 Å². The molecule has 0 spiro atoms. The molecule has 1 aromatic heterocycles. The smallest absolute Gasteiger partial charge is 0.226 e. The first-order valence-electron chi connectivity index (χ1n) is 9.22. The molecule has 2 aliphatic rings. The van der Waals surface area contributed by atoms with Crippen LogP contribution in [0.4, 0.5) is 4.39 Å². The predicted octanol–water partition coefficient (Wildman–Crippen LogP) is 0.953. The Labute approximate surface area is 156 Å². The molecule has 1 aromatic carbocycles. The lowest BCUT2D eigenvalue weighted by molar-refractivity contribution is -0.127. The van der Waals surface area contributed by atoms with Crippen molar-refractivity contribution >= 4 is 5.91 Å². The number of nitrogens with zero attached hydrogens (tertiary/aromatic N) is 2. The minimum atomic E-state index is -0.365. The van der Waals surface area contributed by atoms with Crippen LogP contribution < -0.4 is 16.2 Å². The molecule has 3 atom stereocenters. The second kappa shape index (κ2) is 7.38. The fourth-order valence-corrected chi connectivity index (χ4v) is 3.99. The van der Waals surface area contributed by atoms with Gasteiger partial charge in [0.1, 0.15) is 5.82 Å². The summed E-state index contributed by atoms with van der Waals surface area (Å²) >= 11 is 0. The van der Waals surface area contributed by atoms with Crippen molar-refractivity contribution in [1.29, 1.82) is 0 Å². The number of hydrazine groups is 1. The van der Waals surface area contributed by atoms with Gasteiger partial charge in [-0.3, -0.25) is 14.9 Å². The summed E-state index contributed by atoms with van der Waals surface area (Å²) < 4.78 is 15.3. The summed E-state index contributed by atoms with van der Waals surface area (Å²) in [6, 6.07) is 5.81. The molecule has 2 aromatic rings. The minimum absolute atomic E-state index is 0.1000. The van der Waals surface area contributed by atoms with E-state index >= 15 is 0 Å². The van der Waals surface area contributed by atoms with Crippen molar-refractivity contribution in [3.8, 4) is 0 Å². The van der Waals surface area contributed by atoms with Crippen LogP contribution >= 0.6 is 0 Å². The molecule has 1 aliphatic carbocycles. The summed E-state index contributed by atoms with van der Waals surface area (Å²) in [4.78, 5) is 13.1. The number of hydrogen-bond acceptors (Lipinski definition) is 5. The van der Waals surface area contributed by atoms with Gasteiger partial charge in [-0.2, -0.15) is 5.10 Å². The third kappa shape index (κ3) is 3.73. The van der Waals surface area contributed by atoms with Crippen molar-refractivity contribution < 1.29 is 14.3 Å². The van der Waals surface area contributed by atoms with Crippen LogP contribution in [0.25, 0.3) is 0 Å². The molecule has 8 heteroatoms. The summed E-state index contributed by atoms with van der Waals surface area (Å²) in [6.07, 6.45) is 4.67. The van der Waals surface area contributed by atoms with E-state index in [1.807, 2.05) is 19.3 Å². The van der Waals surface area contributed by atoms with Crippen molar-refractivity contribution in [2.45, 2.75) is 31.0 Å². The van der Waals surface area contributed by atoms with Crippen LogP contribution in [0.1, 0.15) is 36.1 Å². The van der Waals surface area contributed by atoms with Gasteiger partial charge in [-0.1, -0.05) is 12.1 Å². The highest BCUT2D eigenvalue weighted by molar-refractivity contribution is 5.80. The molecule has 0 radical (unpaired) electrons. The van der Waals surface area contributed by atoms with Gasteiger partial charge in [0, 0.05) is 25.4 Å². The molecule has 1 saturated heterocycles. The van der Waals surface area contributed by atoms with E-state index in [9.17, 15) is 14.3 Å². The number of aryl methyl sites for hydroxylation is 1. The Balaban J connectivity index is 1.51. The van der Waals surface area contributed by atoms with E-state index in [2.05, 4.69) is 21.3 Å². The van der Waals surface area contributed by atoms with E-state index in [1.165, 1.54) is 12.1 Å². The van der Waals surface area contributed by atoms with E-state index in [0.717, 1.165) is 11.1 Å². The number of aliphatic hydroxyl groups excluding tert-OH is 1. The van der Waals surface area contributed by atoms with Crippen LogP contribution in [0, 0.1) is 17.7 Å². The largest absolute Gasteiger partial charge is 0.393 e. The Morgan fingerprint density at radius 1 is 1.44 bits per heavy atom. The average molecular weight is 373 g/mol. The Morgan fingerprint density at radius 3 is 2.93 bits per heavy atom. The summed E-state index contributed by atoms with van der Waals surface area (Å²) in [6.45, 7) is 0.458. The molecule has 2 fully saturated rings. The van der Waals surface area contributed by atoms with Crippen molar-refractivity contribution in [3.63, 3.8) is 0 Å². The molecule has 27 heavy (non-hydrogen) atoms. The Kier molecular flexibility index (Phi) is 4.94. The number of hydrogen-bond donors (Lipinski definition) is 4. The number of aromatic nitrogens is 2. The lowest BCUT2D eigenvalue weighted by Gasteiger charge is -2.38. The van der Waals surface area contributed by atoms with E-state index in [-0.39, 0.29) is 41.7 Å². The van der Waals surface area contributed by atoms with E-state index in [0.29, 0.717) is 19.4 Å². The lowest BCUT2D eigenvalue weighted by Crippen LogP contribution is -2.44. The Hall–Kier alpha value is -2.29. The van der Waals surface area contributed by atoms with Crippen LogP contribution in [0.5, 0.6) is 0 Å². The fourth-order valence-electron chi connectivity index (χ4n) is 3.99. The van der Waals surface area contributed by atoms with Crippen molar-refractivity contribution in [2.24, 2.45) is 18.9 Å². The standard InChI is InChI=1S/C19H24FN5O2/c1-25-10-13(8-22-25)17(12-6-15(26)7-12)23-19(27)16-9-21-24-18(16)11-3-2-4-14(20)5-11/h2-5,8,10,12,15-18,21,24,26H,6-7,9H2,1H3,(H,23,27). The zero-order chi connectivity index (χ0) is 19.0. The second-order valence-electron chi connectivity index (χ2n) is 7.48. The summed E-state index contributed by atoms with van der Waals surface area (Å²) in [5.41, 5.74) is 7.76. The summed E-state index contributed by atoms with van der Waals surface area (Å²) in [5, 5.41) is 17.1. The van der Waals surface area contributed by atoms with Gasteiger partial charge in [0.2, 0.25) is 5.91 Å². The van der Waals surface area contributed by atoms with Crippen molar-refractivity contribution in [2.75, 3.05) is 6.54 Å². The van der Waals surface area contributed by atoms with Gasteiger partial charge >= 0.3 is 0 Å². The Morgan fingerprint density at radius 2 is 2.26 bits per heavy atom. The summed E-state index contributed by atoms with van der Waals surface area (Å²) in [7, 11) is 1.84. The van der Waals surface area contributed by atoms with Crippen LogP contribution in [0.15, 0.2) is 36.7 Å². The first kappa shape index (κ1) is 18.1. The number of carbonyl (C=O) groups is 1. The number of rotatable bonds is 5. The molecule has 2 heterocycles. The molecule has 0 bridgehead atoms. The number of halogens is 1. The molecular weight excluding hydrogens is 349 g/mol. The van der Waals surface area contributed by atoms with Crippen LogP contribution in [-0.4, -0.2) is 33.4 Å². The van der Waals surface area contributed by atoms with E-state index in [4.69, 9.17) is 0 Å². The highest BCUT2D eigenvalue weighted by Crippen LogP contribution is 2.38. The quantitative estimate of drug-likeness (QED) is 0.627. The maximum Gasteiger partial charge on any atom is 0.226 e.